The van der Waals surface area contributed by atoms with Gasteiger partial charge in [-0.3, -0.25) is 54.3 Å². The van der Waals surface area contributed by atoms with Crippen molar-refractivity contribution in [2.45, 2.75) is 92.5 Å². The van der Waals surface area contributed by atoms with Gasteiger partial charge in [0.05, 0.1) is 46.1 Å². The van der Waals surface area contributed by atoms with Crippen molar-refractivity contribution in [1.29, 1.82) is 0 Å². The lowest BCUT2D eigenvalue weighted by molar-refractivity contribution is -0.204. The normalized spacial score (nSPS) is 32.7. The fourth-order valence-corrected chi connectivity index (χ4v) is 14.8. The lowest BCUT2D eigenvalue weighted by atomic mass is 9.47. The number of fused-ring (bicyclic) bond motifs is 6. The number of amides is 5. The number of likely N-dealkylation sites (N-methyl/N-ethyl adjacent to an activating group) is 1. The van der Waals surface area contributed by atoms with Crippen molar-refractivity contribution in [3.63, 3.8) is 0 Å². The van der Waals surface area contributed by atoms with Crippen LogP contribution < -0.4 is 31.1 Å². The Balaban J connectivity index is 0.913. The molecule has 5 unspecified atom stereocenters. The molecule has 3 fully saturated rings. The summed E-state index contributed by atoms with van der Waals surface area (Å²) >= 11 is 0. The first kappa shape index (κ1) is 52.3. The van der Waals surface area contributed by atoms with E-state index in [2.05, 4.69) is 62.5 Å². The summed E-state index contributed by atoms with van der Waals surface area (Å²) in [4.78, 5) is 86.9. The van der Waals surface area contributed by atoms with Crippen LogP contribution in [0.15, 0.2) is 72.4 Å². The zero-order valence-corrected chi connectivity index (χ0v) is 43.4. The molecule has 7 heterocycles. The predicted molar refractivity (Wildman–Crippen MR) is 274 cm³/mol. The number of anilines is 2. The molecule has 20 nitrogen and oxygen atoms in total. The van der Waals surface area contributed by atoms with E-state index in [0.717, 1.165) is 59.9 Å². The second kappa shape index (κ2) is 20.4. The minimum absolute atomic E-state index is 0.00227. The number of aliphatic hydroxyl groups excluding tert-OH is 1. The van der Waals surface area contributed by atoms with Crippen molar-refractivity contribution in [2.24, 2.45) is 11.3 Å². The molecular weight excluding hydrogens is 965 g/mol. The number of nitrogens with one attached hydrogen (secondary N) is 4. The lowest BCUT2D eigenvalue weighted by Gasteiger charge is -2.63. The van der Waals surface area contributed by atoms with E-state index in [1.54, 1.807) is 7.11 Å². The summed E-state index contributed by atoms with van der Waals surface area (Å²) in [5.74, 6) is -2.99. The van der Waals surface area contributed by atoms with Gasteiger partial charge in [0.15, 0.2) is 5.60 Å². The Hall–Kier alpha value is -6.16. The van der Waals surface area contributed by atoms with Gasteiger partial charge in [-0.25, -0.2) is 0 Å². The fourth-order valence-electron chi connectivity index (χ4n) is 14.8. The van der Waals surface area contributed by atoms with Gasteiger partial charge in [0.2, 0.25) is 5.91 Å². The van der Waals surface area contributed by atoms with Crippen LogP contribution in [-0.2, 0) is 53.8 Å². The molecular formula is C55H70N8O12. The van der Waals surface area contributed by atoms with Gasteiger partial charge in [-0.05, 0) is 61.4 Å². The molecule has 7 aliphatic heterocycles. The maximum Gasteiger partial charge on any atom is 0.318 e. The number of hydrazine groups is 1. The molecule has 10 rings (SSSR count). The molecule has 8 aliphatic rings. The molecule has 1 saturated carbocycles. The van der Waals surface area contributed by atoms with Crippen LogP contribution in [0.3, 0.4) is 0 Å². The molecule has 75 heavy (non-hydrogen) atoms. The minimum Gasteiger partial charge on any atom is -0.496 e. The van der Waals surface area contributed by atoms with E-state index in [-0.39, 0.29) is 69.1 Å². The number of methoxy groups -OCH3 is 2. The molecule has 20 heteroatoms. The Bertz CT molecular complexity index is 2710. The van der Waals surface area contributed by atoms with Gasteiger partial charge in [-0.2, -0.15) is 0 Å². The highest BCUT2D eigenvalue weighted by Gasteiger charge is 2.79. The highest BCUT2D eigenvalue weighted by molar-refractivity contribution is 6.13. The summed E-state index contributed by atoms with van der Waals surface area (Å²) in [5, 5.41) is 32.8. The van der Waals surface area contributed by atoms with Crippen molar-refractivity contribution >= 4 is 46.9 Å². The van der Waals surface area contributed by atoms with Crippen molar-refractivity contribution in [1.82, 2.24) is 30.9 Å². The largest absolute Gasteiger partial charge is 0.496 e. The minimum atomic E-state index is -2.52. The van der Waals surface area contributed by atoms with Gasteiger partial charge >= 0.3 is 5.97 Å². The van der Waals surface area contributed by atoms with Gasteiger partial charge in [-0.1, -0.05) is 55.8 Å². The number of rotatable bonds is 17. The van der Waals surface area contributed by atoms with Crippen LogP contribution in [0.1, 0.15) is 68.6 Å². The Labute approximate surface area is 436 Å². The van der Waals surface area contributed by atoms with Gasteiger partial charge in [0, 0.05) is 111 Å². The molecule has 5 amide bonds. The molecule has 6 N–H and O–H groups in total. The average molecular weight is 1040 g/mol. The molecule has 0 aromatic heterocycles. The highest BCUT2D eigenvalue weighted by Crippen LogP contribution is 2.68. The molecule has 2 saturated heterocycles. The van der Waals surface area contributed by atoms with Crippen molar-refractivity contribution in [2.75, 3.05) is 104 Å². The number of hydrogen-bond donors (Lipinski definition) is 6. The number of aliphatic hydroxyl groups is 2. The van der Waals surface area contributed by atoms with E-state index in [1.165, 1.54) is 12.7 Å². The van der Waals surface area contributed by atoms with Crippen molar-refractivity contribution < 1.29 is 57.9 Å². The second-order valence-electron chi connectivity index (χ2n) is 21.4. The van der Waals surface area contributed by atoms with Gasteiger partial charge in [0.25, 0.3) is 23.6 Å². The SMILES string of the molecule is CCC1=CC2CN(C1)CC1c3ccccc3NC1[C@@](C(=O)OC)(c1cc3c(cc1OC)N(C)C1[C@]34CCN3CC=C[C@@](CC)([C@@H](O)[C@]1(O)C(=O)NNC(=O)COCCOCCNC(=O)CCN1C(=O)C=CC1=O)[C@H]34)C2. The topological polar surface area (TPSA) is 241 Å². The molecule has 11 atom stereocenters. The van der Waals surface area contributed by atoms with E-state index in [1.807, 2.05) is 49.2 Å². The third kappa shape index (κ3) is 8.33. The summed E-state index contributed by atoms with van der Waals surface area (Å²) in [5.41, 5.74) is 4.55. The molecule has 2 bridgehead atoms. The number of para-hydroxylation sites is 1. The summed E-state index contributed by atoms with van der Waals surface area (Å²) in [6.07, 6.45) is 9.14. The summed E-state index contributed by atoms with van der Waals surface area (Å²) < 4.78 is 23.4. The van der Waals surface area contributed by atoms with E-state index >= 15 is 4.79 Å². The monoisotopic (exact) mass is 1030 g/mol. The van der Waals surface area contributed by atoms with Crippen molar-refractivity contribution in [3.05, 3.63) is 89.0 Å². The molecule has 1 spiro atoms. The van der Waals surface area contributed by atoms with Gasteiger partial charge in [0.1, 0.15) is 23.9 Å². The first-order valence-corrected chi connectivity index (χ1v) is 26.3. The predicted octanol–water partition coefficient (Wildman–Crippen LogP) is 1.17. The van der Waals surface area contributed by atoms with Crippen LogP contribution in [-0.4, -0.2) is 184 Å². The van der Waals surface area contributed by atoms with Gasteiger partial charge in [-0.15, -0.1) is 0 Å². The average Bonchev–Trinajstić information content (AvgIpc) is 4.37. The highest BCUT2D eigenvalue weighted by atomic mass is 16.5. The quantitative estimate of drug-likeness (QED) is 0.0429. The van der Waals surface area contributed by atoms with E-state index in [4.69, 9.17) is 18.9 Å². The van der Waals surface area contributed by atoms with Crippen LogP contribution in [0, 0.1) is 11.3 Å². The molecule has 1 aliphatic carbocycles. The number of carbonyl (C=O) groups excluding carboxylic acids is 6. The Morgan fingerprint density at radius 3 is 2.45 bits per heavy atom. The number of esters is 1. The molecule has 2 aromatic carbocycles. The van der Waals surface area contributed by atoms with E-state index in [9.17, 15) is 34.2 Å². The van der Waals surface area contributed by atoms with Crippen LogP contribution in [0.4, 0.5) is 11.4 Å². The molecule has 2 aromatic rings. The Kier molecular flexibility index (Phi) is 14.2. The Morgan fingerprint density at radius 1 is 0.933 bits per heavy atom. The van der Waals surface area contributed by atoms with Crippen LogP contribution in [0.25, 0.3) is 0 Å². The van der Waals surface area contributed by atoms with Crippen LogP contribution in [0.5, 0.6) is 5.75 Å². The Morgan fingerprint density at radius 2 is 1.71 bits per heavy atom. The number of imide groups is 1. The third-order valence-electron chi connectivity index (χ3n) is 17.8. The molecule has 0 radical (unpaired) electrons. The first-order chi connectivity index (χ1) is 36.1. The van der Waals surface area contributed by atoms with Crippen LogP contribution >= 0.6 is 0 Å². The smallest absolute Gasteiger partial charge is 0.318 e. The standard InChI is InChI=1S/C55H70N8O12/c1-6-33-25-34-28-54(51(70)73-5,46-36(31-61(29-33)30-34)35-11-8-9-12-39(35)57-46)38-26-37-40(27-41(38)72-4)60(3)48-53(37)17-21-62-19-10-16-52(7-2,47(53)62)49(68)55(48,71)50(69)59-58-43(65)32-75-24-23-74-22-18-56-42(64)15-20-63-44(66)13-14-45(63)67/h8-14,16,25-27,34,36,46-49,57,68,71H,6-7,15,17-24,28-32H2,1-5H3,(H,56,64)(H,58,65)(H,59,69)/t34?,36?,46?,47-,48?,49+,52+,53+,54-,55-/m0/s1. The van der Waals surface area contributed by atoms with Crippen molar-refractivity contribution in [3.8, 4) is 5.75 Å². The summed E-state index contributed by atoms with van der Waals surface area (Å²) in [6.45, 7) is 7.60. The zero-order chi connectivity index (χ0) is 53.0. The zero-order valence-electron chi connectivity index (χ0n) is 43.4. The van der Waals surface area contributed by atoms with E-state index in [0.29, 0.717) is 49.4 Å². The summed E-state index contributed by atoms with van der Waals surface area (Å²) in [6, 6.07) is 10.4. The van der Waals surface area contributed by atoms with Crippen LogP contribution in [0.2, 0.25) is 0 Å². The second-order valence-corrected chi connectivity index (χ2v) is 21.4. The number of nitrogens with zero attached hydrogens (tertiary/aromatic N) is 4. The lowest BCUT2D eigenvalue weighted by Crippen LogP contribution is -2.82. The third-order valence-corrected chi connectivity index (χ3v) is 17.8. The first-order valence-electron chi connectivity index (χ1n) is 26.3. The maximum absolute atomic E-state index is 15.4. The molecule has 402 valence electrons. The number of benzene rings is 2. The van der Waals surface area contributed by atoms with Gasteiger partial charge < -0.3 is 44.7 Å². The number of hydrogen-bond acceptors (Lipinski definition) is 16. The fraction of sp³-hybridized carbons (Fsp3) is 0.564. The van der Waals surface area contributed by atoms with E-state index < -0.39 is 70.3 Å². The summed E-state index contributed by atoms with van der Waals surface area (Å²) in [7, 11) is 4.86. The number of carbonyl (C=O) groups is 6. The number of ether oxygens (including phenoxy) is 4. The maximum atomic E-state index is 15.4.